The van der Waals surface area contributed by atoms with Crippen LogP contribution in [0.3, 0.4) is 0 Å². The van der Waals surface area contributed by atoms with Gasteiger partial charge in [-0.1, -0.05) is 0 Å². The van der Waals surface area contributed by atoms with Gasteiger partial charge in [0.2, 0.25) is 0 Å². The number of aromatic amines is 1. The Kier molecular flexibility index (Phi) is 2.17. The molecule has 54 valence electrons. The average Bonchev–Trinajstić information content (AvgIpc) is 2.38. The quantitative estimate of drug-likeness (QED) is 0.576. The fourth-order valence-electron chi connectivity index (χ4n) is 0.677. The molecule has 0 aliphatic heterocycles. The van der Waals surface area contributed by atoms with Crippen molar-refractivity contribution in [3.05, 3.63) is 18.0 Å². The van der Waals surface area contributed by atoms with Crippen LogP contribution in [0.25, 0.3) is 0 Å². The number of nitrogens with zero attached hydrogens (tertiary/aromatic N) is 1. The lowest BCUT2D eigenvalue weighted by molar-refractivity contribution is 0.0980. The van der Waals surface area contributed by atoms with E-state index in [-0.39, 0.29) is 5.78 Å². The van der Waals surface area contributed by atoms with Crippen molar-refractivity contribution in [1.29, 1.82) is 0 Å². The number of nitrogens with two attached hydrogens (primary N) is 1. The summed E-state index contributed by atoms with van der Waals surface area (Å²) in [4.78, 5) is 11.0. The number of carbonyl (C=O) groups excluding carboxylic acids is 1. The Morgan fingerprint density at radius 1 is 1.80 bits per heavy atom. The van der Waals surface area contributed by atoms with Crippen molar-refractivity contribution in [3.63, 3.8) is 0 Å². The van der Waals surface area contributed by atoms with Crippen LogP contribution in [0.1, 0.15) is 16.9 Å². The van der Waals surface area contributed by atoms with Crippen molar-refractivity contribution in [2.75, 3.05) is 6.54 Å². The van der Waals surface area contributed by atoms with Crippen molar-refractivity contribution < 1.29 is 4.79 Å². The lowest BCUT2D eigenvalue weighted by Crippen LogP contribution is -2.08. The first-order valence-electron chi connectivity index (χ1n) is 3.07. The molecule has 0 aromatic carbocycles. The maximum absolute atomic E-state index is 11.0. The number of carbonyl (C=O) groups is 1. The second-order valence-electron chi connectivity index (χ2n) is 1.93. The summed E-state index contributed by atoms with van der Waals surface area (Å²) in [6.07, 6.45) is 1.92. The monoisotopic (exact) mass is 139 g/mol. The van der Waals surface area contributed by atoms with E-state index in [1.54, 1.807) is 12.3 Å². The van der Waals surface area contributed by atoms with Gasteiger partial charge in [-0.3, -0.25) is 9.89 Å². The Morgan fingerprint density at radius 3 is 3.10 bits per heavy atom. The molecule has 0 bridgehead atoms. The molecule has 1 rings (SSSR count). The number of rotatable bonds is 3. The molecule has 0 saturated carbocycles. The molecule has 0 saturated heterocycles. The SMILES string of the molecule is NCCC(=O)c1ccn[nH]1. The van der Waals surface area contributed by atoms with Gasteiger partial charge in [-0.25, -0.2) is 0 Å². The minimum atomic E-state index is 0.0139. The molecule has 0 fully saturated rings. The smallest absolute Gasteiger partial charge is 0.181 e. The lowest BCUT2D eigenvalue weighted by atomic mass is 10.2. The van der Waals surface area contributed by atoms with E-state index < -0.39 is 0 Å². The van der Waals surface area contributed by atoms with Crippen LogP contribution in [0.5, 0.6) is 0 Å². The highest BCUT2D eigenvalue weighted by molar-refractivity contribution is 5.94. The van der Waals surface area contributed by atoms with Crippen LogP contribution in [0, 0.1) is 0 Å². The van der Waals surface area contributed by atoms with Crippen LogP contribution < -0.4 is 5.73 Å². The molecule has 0 amide bonds. The molecule has 1 aromatic rings. The number of H-pyrrole nitrogens is 1. The Balaban J connectivity index is 2.59. The van der Waals surface area contributed by atoms with Gasteiger partial charge in [0.05, 0.1) is 0 Å². The van der Waals surface area contributed by atoms with E-state index in [9.17, 15) is 4.79 Å². The maximum atomic E-state index is 11.0. The Bertz CT molecular complexity index is 205. The number of ketones is 1. The van der Waals surface area contributed by atoms with Crippen molar-refractivity contribution in [1.82, 2.24) is 10.2 Å². The summed E-state index contributed by atoms with van der Waals surface area (Å²) in [5.74, 6) is 0.0139. The summed E-state index contributed by atoms with van der Waals surface area (Å²) in [5.41, 5.74) is 5.71. The van der Waals surface area contributed by atoms with Gasteiger partial charge in [0.1, 0.15) is 5.69 Å². The van der Waals surface area contributed by atoms with Gasteiger partial charge < -0.3 is 5.73 Å². The third-order valence-electron chi connectivity index (χ3n) is 1.17. The summed E-state index contributed by atoms with van der Waals surface area (Å²) in [5, 5.41) is 6.21. The molecule has 0 radical (unpaired) electrons. The molecule has 0 aliphatic rings. The van der Waals surface area contributed by atoms with E-state index in [0.29, 0.717) is 18.7 Å². The number of Topliss-reactive ketones (excluding diaryl/α,β-unsaturated/α-hetero) is 1. The van der Waals surface area contributed by atoms with Crippen molar-refractivity contribution in [2.45, 2.75) is 6.42 Å². The van der Waals surface area contributed by atoms with Crippen LogP contribution >= 0.6 is 0 Å². The Labute approximate surface area is 58.4 Å². The van der Waals surface area contributed by atoms with Crippen molar-refractivity contribution in [2.24, 2.45) is 5.73 Å². The maximum Gasteiger partial charge on any atom is 0.181 e. The standard InChI is InChI=1S/C6H9N3O/c7-3-1-6(10)5-2-4-8-9-5/h2,4H,1,3,7H2,(H,8,9). The molecule has 0 atom stereocenters. The number of nitrogens with one attached hydrogen (secondary N) is 1. The molecule has 4 nitrogen and oxygen atoms in total. The highest BCUT2D eigenvalue weighted by Gasteiger charge is 2.03. The van der Waals surface area contributed by atoms with Crippen LogP contribution in [0.4, 0.5) is 0 Å². The van der Waals surface area contributed by atoms with E-state index in [0.717, 1.165) is 0 Å². The summed E-state index contributed by atoms with van der Waals surface area (Å²) in [6, 6.07) is 1.64. The molecular formula is C6H9N3O. The predicted octanol–water partition coefficient (Wildman–Crippen LogP) is -0.0588. The normalized spacial score (nSPS) is 9.70. The largest absolute Gasteiger partial charge is 0.330 e. The van der Waals surface area contributed by atoms with Crippen LogP contribution in [-0.4, -0.2) is 22.5 Å². The number of hydrogen-bond acceptors (Lipinski definition) is 3. The van der Waals surface area contributed by atoms with Gasteiger partial charge in [0.15, 0.2) is 5.78 Å². The zero-order valence-corrected chi connectivity index (χ0v) is 5.50. The third kappa shape index (κ3) is 1.41. The molecule has 0 aliphatic carbocycles. The molecule has 3 N–H and O–H groups in total. The predicted molar refractivity (Wildman–Crippen MR) is 36.6 cm³/mol. The van der Waals surface area contributed by atoms with E-state index in [1.165, 1.54) is 0 Å². The van der Waals surface area contributed by atoms with E-state index in [4.69, 9.17) is 5.73 Å². The van der Waals surface area contributed by atoms with Crippen LogP contribution in [0.15, 0.2) is 12.3 Å². The highest BCUT2D eigenvalue weighted by atomic mass is 16.1. The Morgan fingerprint density at radius 2 is 2.60 bits per heavy atom. The van der Waals surface area contributed by atoms with Crippen molar-refractivity contribution in [3.8, 4) is 0 Å². The van der Waals surface area contributed by atoms with Crippen LogP contribution in [-0.2, 0) is 0 Å². The van der Waals surface area contributed by atoms with E-state index >= 15 is 0 Å². The molecule has 4 heteroatoms. The first-order valence-corrected chi connectivity index (χ1v) is 3.07. The zero-order chi connectivity index (χ0) is 7.40. The summed E-state index contributed by atoms with van der Waals surface area (Å²) < 4.78 is 0. The molecule has 1 heterocycles. The van der Waals surface area contributed by atoms with Crippen molar-refractivity contribution >= 4 is 5.78 Å². The molecule has 0 spiro atoms. The molecule has 0 unspecified atom stereocenters. The minimum Gasteiger partial charge on any atom is -0.330 e. The third-order valence-corrected chi connectivity index (χ3v) is 1.17. The molecule has 1 aromatic heterocycles. The minimum absolute atomic E-state index is 0.0139. The van der Waals surface area contributed by atoms with Gasteiger partial charge in [0.25, 0.3) is 0 Å². The Hall–Kier alpha value is -1.16. The fraction of sp³-hybridized carbons (Fsp3) is 0.333. The summed E-state index contributed by atoms with van der Waals surface area (Å²) in [6.45, 7) is 0.387. The highest BCUT2D eigenvalue weighted by Crippen LogP contribution is 1.95. The van der Waals surface area contributed by atoms with Gasteiger partial charge >= 0.3 is 0 Å². The van der Waals surface area contributed by atoms with E-state index in [1.807, 2.05) is 0 Å². The summed E-state index contributed by atoms with van der Waals surface area (Å²) in [7, 11) is 0. The molecular weight excluding hydrogens is 130 g/mol. The van der Waals surface area contributed by atoms with Gasteiger partial charge in [0, 0.05) is 12.6 Å². The second kappa shape index (κ2) is 3.12. The van der Waals surface area contributed by atoms with Crippen LogP contribution in [0.2, 0.25) is 0 Å². The first kappa shape index (κ1) is 6.95. The van der Waals surface area contributed by atoms with E-state index in [2.05, 4.69) is 10.2 Å². The average molecular weight is 139 g/mol. The van der Waals surface area contributed by atoms with Gasteiger partial charge in [-0.2, -0.15) is 5.10 Å². The molecule has 10 heavy (non-hydrogen) atoms. The first-order chi connectivity index (χ1) is 4.84. The number of hydrogen-bond donors (Lipinski definition) is 2. The lowest BCUT2D eigenvalue weighted by Gasteiger charge is -1.90. The fourth-order valence-corrected chi connectivity index (χ4v) is 0.677. The van der Waals surface area contributed by atoms with Gasteiger partial charge in [-0.15, -0.1) is 0 Å². The summed E-state index contributed by atoms with van der Waals surface area (Å²) >= 11 is 0. The number of aromatic nitrogens is 2. The second-order valence-corrected chi connectivity index (χ2v) is 1.93. The topological polar surface area (TPSA) is 71.8 Å². The van der Waals surface area contributed by atoms with Gasteiger partial charge in [-0.05, 0) is 12.6 Å². The zero-order valence-electron chi connectivity index (χ0n) is 5.50.